The molecular weight excluding hydrogens is 480 g/mol. The van der Waals surface area contributed by atoms with Crippen molar-refractivity contribution in [1.29, 1.82) is 0 Å². The summed E-state index contributed by atoms with van der Waals surface area (Å²) < 4.78 is 0. The molecule has 0 spiro atoms. The van der Waals surface area contributed by atoms with E-state index in [1.165, 1.54) is 121 Å². The molecule has 2 unspecified atom stereocenters. The summed E-state index contributed by atoms with van der Waals surface area (Å²) in [5, 5.41) is 0. The number of hydrogen-bond donors (Lipinski definition) is 0. The smallest absolute Gasteiger partial charge is 0.0229 e. The Morgan fingerprint density at radius 1 is 0.750 bits per heavy atom. The summed E-state index contributed by atoms with van der Waals surface area (Å²) in [4.78, 5) is 0. The van der Waals surface area contributed by atoms with Crippen LogP contribution in [0.5, 0.6) is 0 Å². The third-order valence-electron chi connectivity index (χ3n) is 8.01. The zero-order chi connectivity index (χ0) is 29.7. The highest BCUT2D eigenvalue weighted by molar-refractivity contribution is 5.17. The van der Waals surface area contributed by atoms with Crippen molar-refractivity contribution < 1.29 is 0 Å². The van der Waals surface area contributed by atoms with Gasteiger partial charge in [0.2, 0.25) is 0 Å². The van der Waals surface area contributed by atoms with Crippen LogP contribution in [0.2, 0.25) is 0 Å². The molecule has 0 aromatic heterocycles. The molecule has 3 rings (SSSR count). The Bertz CT molecular complexity index is 775. The van der Waals surface area contributed by atoms with Crippen LogP contribution in [0.25, 0.3) is 0 Å². The third kappa shape index (κ3) is 21.7. The van der Waals surface area contributed by atoms with Crippen molar-refractivity contribution in [2.45, 2.75) is 143 Å². The minimum Gasteiger partial charge on any atom is -0.0991 e. The van der Waals surface area contributed by atoms with Crippen LogP contribution < -0.4 is 0 Å². The Labute approximate surface area is 251 Å². The second-order valence-corrected chi connectivity index (χ2v) is 11.5. The van der Waals surface area contributed by atoms with Gasteiger partial charge in [0.1, 0.15) is 0 Å². The molecule has 1 saturated carbocycles. The molecule has 226 valence electrons. The van der Waals surface area contributed by atoms with Crippen LogP contribution in [0, 0.1) is 11.8 Å². The normalized spacial score (nSPS) is 20.5. The van der Waals surface area contributed by atoms with E-state index in [2.05, 4.69) is 90.0 Å². The van der Waals surface area contributed by atoms with Gasteiger partial charge >= 0.3 is 0 Å². The molecule has 40 heavy (non-hydrogen) atoms. The van der Waals surface area contributed by atoms with Crippen molar-refractivity contribution in [3.05, 3.63) is 97.2 Å². The minimum absolute atomic E-state index is 0.816. The molecule has 0 heteroatoms. The lowest BCUT2D eigenvalue weighted by atomic mass is 9.85. The summed E-state index contributed by atoms with van der Waals surface area (Å²) in [6, 6.07) is 0. The average Bonchev–Trinajstić information content (AvgIpc) is 3.01. The maximum atomic E-state index is 3.72. The van der Waals surface area contributed by atoms with Crippen molar-refractivity contribution >= 4 is 0 Å². The van der Waals surface area contributed by atoms with Crippen LogP contribution in [0.1, 0.15) is 143 Å². The maximum absolute atomic E-state index is 3.72. The Balaban J connectivity index is 0.000000550. The zero-order valence-corrected chi connectivity index (χ0v) is 27.3. The standard InChI is InChI=1S/2C14H24.C8H12.C4H6/c1-3-4-5-7-10-13(2)14-11-8-6-9-12-14;1-3-4-5-6-7-11-14-12-9-8-10-13(14)2;1-2-8-6-4-3-5-7-8;1-3-4-2/h2*4-5,11,13H,3,6-10,12H2,1-2H3;2,6H,1,3-5,7H2;3-4H,1-2H2/b;5-4?,14-11-;;. The number of rotatable bonds is 11. The van der Waals surface area contributed by atoms with E-state index in [4.69, 9.17) is 0 Å². The lowest BCUT2D eigenvalue weighted by molar-refractivity contribution is 0.481. The van der Waals surface area contributed by atoms with Gasteiger partial charge in [-0.25, -0.2) is 0 Å². The molecule has 1 fully saturated rings. The van der Waals surface area contributed by atoms with E-state index < -0.39 is 0 Å². The fraction of sp³-hybridized carbons (Fsp3) is 0.600. The second kappa shape index (κ2) is 28.4. The third-order valence-corrected chi connectivity index (χ3v) is 8.01. The van der Waals surface area contributed by atoms with Gasteiger partial charge in [0.05, 0.1) is 0 Å². The molecule has 0 heterocycles. The highest BCUT2D eigenvalue weighted by Gasteiger charge is 2.13. The minimum atomic E-state index is 0.816. The van der Waals surface area contributed by atoms with Gasteiger partial charge in [-0.15, -0.1) is 0 Å². The van der Waals surface area contributed by atoms with Crippen LogP contribution in [-0.4, -0.2) is 0 Å². The van der Waals surface area contributed by atoms with Crippen LogP contribution in [0.3, 0.4) is 0 Å². The molecule has 0 radical (unpaired) electrons. The first-order valence-electron chi connectivity index (χ1n) is 16.8. The Hall–Kier alpha value is -2.08. The number of allylic oxidation sites excluding steroid dienone is 13. The lowest BCUT2D eigenvalue weighted by Crippen LogP contribution is -2.05. The van der Waals surface area contributed by atoms with Gasteiger partial charge in [0, 0.05) is 0 Å². The number of unbranched alkanes of at least 4 members (excludes halogenated alkanes) is 1. The monoisotopic (exact) mass is 547 g/mol. The van der Waals surface area contributed by atoms with Gasteiger partial charge in [-0.1, -0.05) is 131 Å². The highest BCUT2D eigenvalue weighted by Crippen LogP contribution is 2.29. The van der Waals surface area contributed by atoms with Crippen molar-refractivity contribution in [3.8, 4) is 0 Å². The average molecular weight is 547 g/mol. The maximum Gasteiger partial charge on any atom is -0.0229 e. The fourth-order valence-electron chi connectivity index (χ4n) is 5.34. The van der Waals surface area contributed by atoms with Gasteiger partial charge in [0.25, 0.3) is 0 Å². The lowest BCUT2D eigenvalue weighted by Gasteiger charge is -2.21. The van der Waals surface area contributed by atoms with E-state index in [0.29, 0.717) is 0 Å². The number of hydrogen-bond acceptors (Lipinski definition) is 0. The Kier molecular flexibility index (Phi) is 27.0. The van der Waals surface area contributed by atoms with E-state index >= 15 is 0 Å². The van der Waals surface area contributed by atoms with Crippen molar-refractivity contribution in [3.63, 3.8) is 0 Å². The largest absolute Gasteiger partial charge is 0.0991 e. The molecule has 0 bridgehead atoms. The summed E-state index contributed by atoms with van der Waals surface area (Å²) in [7, 11) is 0. The molecule has 2 atom stereocenters. The molecule has 0 saturated heterocycles. The SMILES string of the molecule is C=CC1=CCCCC1.C=CC=C.CCC=CCC/C=C1/CCCCC1C.CCC=CCCC(C)C1=CCCCC1. The molecule has 3 aliphatic rings. The Morgan fingerprint density at radius 3 is 1.88 bits per heavy atom. The van der Waals surface area contributed by atoms with Crippen LogP contribution in [-0.2, 0) is 0 Å². The van der Waals surface area contributed by atoms with Crippen molar-refractivity contribution in [2.24, 2.45) is 11.8 Å². The fourth-order valence-corrected chi connectivity index (χ4v) is 5.34. The van der Waals surface area contributed by atoms with Crippen LogP contribution in [0.15, 0.2) is 97.2 Å². The van der Waals surface area contributed by atoms with Gasteiger partial charge in [-0.05, 0) is 121 Å². The summed E-state index contributed by atoms with van der Waals surface area (Å²) in [6.07, 6.45) is 45.5. The quantitative estimate of drug-likeness (QED) is 0.137. The van der Waals surface area contributed by atoms with Gasteiger partial charge in [-0.2, -0.15) is 0 Å². The van der Waals surface area contributed by atoms with Crippen molar-refractivity contribution in [2.75, 3.05) is 0 Å². The van der Waals surface area contributed by atoms with Crippen molar-refractivity contribution in [1.82, 2.24) is 0 Å². The van der Waals surface area contributed by atoms with E-state index in [1.54, 1.807) is 23.3 Å². The molecule has 0 amide bonds. The second-order valence-electron chi connectivity index (χ2n) is 11.5. The molecule has 0 aromatic rings. The highest BCUT2D eigenvalue weighted by atomic mass is 14.2. The molecule has 0 aliphatic heterocycles. The first-order chi connectivity index (χ1) is 19.5. The van der Waals surface area contributed by atoms with E-state index in [1.807, 2.05) is 6.08 Å². The predicted octanol–water partition coefficient (Wildman–Crippen LogP) is 13.8. The molecular formula is C40H66. The molecule has 3 aliphatic carbocycles. The zero-order valence-electron chi connectivity index (χ0n) is 27.3. The Morgan fingerprint density at radius 2 is 1.38 bits per heavy atom. The summed E-state index contributed by atoms with van der Waals surface area (Å²) in [5.74, 6) is 1.68. The van der Waals surface area contributed by atoms with Gasteiger partial charge in [0.15, 0.2) is 0 Å². The van der Waals surface area contributed by atoms with Crippen LogP contribution >= 0.6 is 0 Å². The molecule has 0 nitrogen and oxygen atoms in total. The summed E-state index contributed by atoms with van der Waals surface area (Å²) in [5.41, 5.74) is 4.89. The first kappa shape index (κ1) is 37.9. The predicted molar refractivity (Wildman–Crippen MR) is 186 cm³/mol. The molecule has 0 aromatic carbocycles. The van der Waals surface area contributed by atoms with E-state index in [9.17, 15) is 0 Å². The topological polar surface area (TPSA) is 0 Å². The van der Waals surface area contributed by atoms with E-state index in [0.717, 1.165) is 11.8 Å². The van der Waals surface area contributed by atoms with Gasteiger partial charge < -0.3 is 0 Å². The molecule has 0 N–H and O–H groups in total. The van der Waals surface area contributed by atoms with Crippen LogP contribution in [0.4, 0.5) is 0 Å². The van der Waals surface area contributed by atoms with E-state index in [-0.39, 0.29) is 0 Å². The first-order valence-corrected chi connectivity index (χ1v) is 16.8. The van der Waals surface area contributed by atoms with Gasteiger partial charge in [-0.3, -0.25) is 0 Å². The summed E-state index contributed by atoms with van der Waals surface area (Å²) >= 11 is 0. The summed E-state index contributed by atoms with van der Waals surface area (Å²) in [6.45, 7) is 19.6.